The van der Waals surface area contributed by atoms with Gasteiger partial charge in [0.05, 0.1) is 0 Å². The first-order valence-electron chi connectivity index (χ1n) is 5.86. The quantitative estimate of drug-likeness (QED) is 0.776. The molecule has 1 fully saturated rings. The molecular formula is C13H18N2O. The van der Waals surface area contributed by atoms with E-state index in [-0.39, 0.29) is 0 Å². The minimum Gasteiger partial charge on any atom is -0.315 e. The zero-order valence-electron chi connectivity index (χ0n) is 9.48. The fraction of sp³-hybridized carbons (Fsp3) is 0.462. The fourth-order valence-corrected chi connectivity index (χ4v) is 2.08. The van der Waals surface area contributed by atoms with Crippen molar-refractivity contribution < 1.29 is 4.79 Å². The maximum atomic E-state index is 10.7. The molecule has 0 bridgehead atoms. The Morgan fingerprint density at radius 1 is 1.31 bits per heavy atom. The molecule has 0 aromatic heterocycles. The van der Waals surface area contributed by atoms with E-state index in [1.54, 1.807) is 0 Å². The molecule has 1 aromatic rings. The van der Waals surface area contributed by atoms with E-state index < -0.39 is 0 Å². The van der Waals surface area contributed by atoms with E-state index in [0.717, 1.165) is 44.6 Å². The summed E-state index contributed by atoms with van der Waals surface area (Å²) < 4.78 is 0. The summed E-state index contributed by atoms with van der Waals surface area (Å²) in [6.45, 7) is 5.35. The molecule has 0 atom stereocenters. The highest BCUT2D eigenvalue weighted by Crippen LogP contribution is 2.08. The Kier molecular flexibility index (Phi) is 4.08. The van der Waals surface area contributed by atoms with Crippen LogP contribution in [0.25, 0.3) is 0 Å². The first kappa shape index (κ1) is 11.3. The van der Waals surface area contributed by atoms with Gasteiger partial charge in [-0.1, -0.05) is 18.2 Å². The molecule has 0 radical (unpaired) electrons. The molecule has 1 aliphatic heterocycles. The highest BCUT2D eigenvalue weighted by Gasteiger charge is 2.08. The topological polar surface area (TPSA) is 32.3 Å². The molecule has 16 heavy (non-hydrogen) atoms. The number of carbonyl (C=O) groups is 1. The van der Waals surface area contributed by atoms with Gasteiger partial charge in [-0.05, 0) is 31.1 Å². The molecule has 0 saturated carbocycles. The summed E-state index contributed by atoms with van der Waals surface area (Å²) in [5, 5.41) is 3.39. The van der Waals surface area contributed by atoms with Gasteiger partial charge in [-0.2, -0.15) is 0 Å². The highest BCUT2D eigenvalue weighted by molar-refractivity contribution is 5.74. The lowest BCUT2D eigenvalue weighted by Gasteiger charge is -2.19. The minimum atomic E-state index is 0.769. The molecule has 3 nitrogen and oxygen atoms in total. The normalized spacial score (nSPS) is 18.0. The summed E-state index contributed by atoms with van der Waals surface area (Å²) in [5.41, 5.74) is 2.00. The number of hydrogen-bond acceptors (Lipinski definition) is 3. The third kappa shape index (κ3) is 3.15. The van der Waals surface area contributed by atoms with Gasteiger partial charge in [0.25, 0.3) is 0 Å². The summed E-state index contributed by atoms with van der Waals surface area (Å²) in [5.74, 6) is 0. The summed E-state index contributed by atoms with van der Waals surface area (Å²) >= 11 is 0. The Morgan fingerprint density at radius 2 is 2.25 bits per heavy atom. The molecule has 1 heterocycles. The molecule has 0 amide bonds. The second kappa shape index (κ2) is 5.77. The SMILES string of the molecule is O=Cc1cccc(CN2CCCNCC2)c1. The molecule has 1 N–H and O–H groups in total. The van der Waals surface area contributed by atoms with Crippen LogP contribution in [0, 0.1) is 0 Å². The second-order valence-corrected chi connectivity index (χ2v) is 4.24. The van der Waals surface area contributed by atoms with E-state index in [4.69, 9.17) is 0 Å². The van der Waals surface area contributed by atoms with E-state index in [1.807, 2.05) is 18.2 Å². The third-order valence-electron chi connectivity index (χ3n) is 2.93. The van der Waals surface area contributed by atoms with Crippen LogP contribution in [0.3, 0.4) is 0 Å². The van der Waals surface area contributed by atoms with Gasteiger partial charge in [0.2, 0.25) is 0 Å². The van der Waals surface area contributed by atoms with Crippen molar-refractivity contribution in [1.29, 1.82) is 0 Å². The Bertz CT molecular complexity index is 344. The first-order chi connectivity index (χ1) is 7.88. The van der Waals surface area contributed by atoms with E-state index in [0.29, 0.717) is 0 Å². The lowest BCUT2D eigenvalue weighted by atomic mass is 10.1. The van der Waals surface area contributed by atoms with Crippen molar-refractivity contribution in [2.75, 3.05) is 26.2 Å². The predicted octanol–water partition coefficient (Wildman–Crippen LogP) is 1.29. The Morgan fingerprint density at radius 3 is 3.12 bits per heavy atom. The minimum absolute atomic E-state index is 0.769. The van der Waals surface area contributed by atoms with Gasteiger partial charge < -0.3 is 5.32 Å². The van der Waals surface area contributed by atoms with E-state index in [2.05, 4.69) is 16.3 Å². The van der Waals surface area contributed by atoms with Crippen LogP contribution in [-0.4, -0.2) is 37.4 Å². The van der Waals surface area contributed by atoms with Gasteiger partial charge in [0, 0.05) is 25.2 Å². The number of hydrogen-bond donors (Lipinski definition) is 1. The lowest BCUT2D eigenvalue weighted by Crippen LogP contribution is -2.27. The third-order valence-corrected chi connectivity index (χ3v) is 2.93. The van der Waals surface area contributed by atoms with Crippen LogP contribution in [0.4, 0.5) is 0 Å². The zero-order valence-corrected chi connectivity index (χ0v) is 9.48. The van der Waals surface area contributed by atoms with Crippen LogP contribution in [-0.2, 0) is 6.54 Å². The number of benzene rings is 1. The van der Waals surface area contributed by atoms with Crippen molar-refractivity contribution >= 4 is 6.29 Å². The van der Waals surface area contributed by atoms with Gasteiger partial charge in [0.1, 0.15) is 6.29 Å². The van der Waals surface area contributed by atoms with Gasteiger partial charge >= 0.3 is 0 Å². The largest absolute Gasteiger partial charge is 0.315 e. The van der Waals surface area contributed by atoms with Gasteiger partial charge in [-0.15, -0.1) is 0 Å². The van der Waals surface area contributed by atoms with Crippen LogP contribution in [0.15, 0.2) is 24.3 Å². The Hall–Kier alpha value is -1.19. The first-order valence-corrected chi connectivity index (χ1v) is 5.86. The van der Waals surface area contributed by atoms with E-state index >= 15 is 0 Å². The van der Waals surface area contributed by atoms with Crippen molar-refractivity contribution in [2.45, 2.75) is 13.0 Å². The van der Waals surface area contributed by atoms with Crippen molar-refractivity contribution in [2.24, 2.45) is 0 Å². The molecule has 86 valence electrons. The molecule has 2 rings (SSSR count). The fourth-order valence-electron chi connectivity index (χ4n) is 2.08. The van der Waals surface area contributed by atoms with Crippen LogP contribution in [0.5, 0.6) is 0 Å². The highest BCUT2D eigenvalue weighted by atomic mass is 16.1. The number of carbonyl (C=O) groups excluding carboxylic acids is 1. The van der Waals surface area contributed by atoms with E-state index in [1.165, 1.54) is 12.0 Å². The lowest BCUT2D eigenvalue weighted by molar-refractivity contribution is 0.112. The zero-order chi connectivity index (χ0) is 11.2. The summed E-state index contributed by atoms with van der Waals surface area (Å²) in [6.07, 6.45) is 2.11. The molecule has 3 heteroatoms. The van der Waals surface area contributed by atoms with Crippen molar-refractivity contribution in [3.63, 3.8) is 0 Å². The monoisotopic (exact) mass is 218 g/mol. The Balaban J connectivity index is 1.98. The van der Waals surface area contributed by atoms with Crippen molar-refractivity contribution in [3.8, 4) is 0 Å². The maximum Gasteiger partial charge on any atom is 0.150 e. The van der Waals surface area contributed by atoms with Crippen molar-refractivity contribution in [3.05, 3.63) is 35.4 Å². The van der Waals surface area contributed by atoms with Gasteiger partial charge in [0.15, 0.2) is 0 Å². The number of nitrogens with zero attached hydrogens (tertiary/aromatic N) is 1. The molecule has 1 saturated heterocycles. The molecule has 1 aromatic carbocycles. The van der Waals surface area contributed by atoms with Crippen LogP contribution in [0.1, 0.15) is 22.3 Å². The predicted molar refractivity (Wildman–Crippen MR) is 64.6 cm³/mol. The molecule has 0 spiro atoms. The summed E-state index contributed by atoms with van der Waals surface area (Å²) in [6, 6.07) is 7.87. The maximum absolute atomic E-state index is 10.7. The molecule has 0 aliphatic carbocycles. The number of nitrogens with one attached hydrogen (secondary N) is 1. The summed E-state index contributed by atoms with van der Waals surface area (Å²) in [4.78, 5) is 13.1. The molecular weight excluding hydrogens is 200 g/mol. The average Bonchev–Trinajstić information content (AvgIpc) is 2.58. The van der Waals surface area contributed by atoms with Crippen molar-refractivity contribution in [1.82, 2.24) is 10.2 Å². The Labute approximate surface area is 96.5 Å². The van der Waals surface area contributed by atoms with Gasteiger partial charge in [-0.25, -0.2) is 0 Å². The second-order valence-electron chi connectivity index (χ2n) is 4.24. The van der Waals surface area contributed by atoms with Gasteiger partial charge in [-0.3, -0.25) is 9.69 Å². The average molecular weight is 218 g/mol. The van der Waals surface area contributed by atoms with Crippen LogP contribution >= 0.6 is 0 Å². The summed E-state index contributed by atoms with van der Waals surface area (Å²) in [7, 11) is 0. The van der Waals surface area contributed by atoms with Crippen LogP contribution in [0.2, 0.25) is 0 Å². The number of rotatable bonds is 3. The molecule has 1 aliphatic rings. The standard InChI is InChI=1S/C13H18N2O/c16-11-13-4-1-3-12(9-13)10-15-7-2-5-14-6-8-15/h1,3-4,9,11,14H,2,5-8,10H2. The smallest absolute Gasteiger partial charge is 0.150 e. The molecule has 0 unspecified atom stereocenters. The van der Waals surface area contributed by atoms with Crippen LogP contribution < -0.4 is 5.32 Å². The van der Waals surface area contributed by atoms with E-state index in [9.17, 15) is 4.79 Å². The number of aldehydes is 1.